The fraction of sp³-hybridized carbons (Fsp3) is 0.579. The van der Waals surface area contributed by atoms with Gasteiger partial charge in [0, 0.05) is 13.1 Å². The molecule has 1 aromatic carbocycles. The van der Waals surface area contributed by atoms with Gasteiger partial charge in [-0.1, -0.05) is 43.5 Å². The van der Waals surface area contributed by atoms with E-state index in [9.17, 15) is 8.42 Å². The van der Waals surface area contributed by atoms with E-state index in [1.165, 1.54) is 31.2 Å². The third-order valence-electron chi connectivity index (χ3n) is 5.94. The van der Waals surface area contributed by atoms with E-state index in [1.807, 2.05) is 24.3 Å². The maximum atomic E-state index is 13.1. The zero-order valence-electron chi connectivity index (χ0n) is 13.6. The molecule has 2 atom stereocenters. The van der Waals surface area contributed by atoms with Crippen LogP contribution in [0.5, 0.6) is 0 Å². The first-order valence-corrected chi connectivity index (χ1v) is 10.4. The van der Waals surface area contributed by atoms with E-state index in [0.29, 0.717) is 23.8 Å². The summed E-state index contributed by atoms with van der Waals surface area (Å²) in [6.07, 6.45) is 9.54. The van der Waals surface area contributed by atoms with Crippen molar-refractivity contribution in [1.82, 2.24) is 4.31 Å². The van der Waals surface area contributed by atoms with Crippen molar-refractivity contribution >= 4 is 16.1 Å². The molecule has 1 aliphatic heterocycles. The Bertz CT molecular complexity index is 723. The van der Waals surface area contributed by atoms with Crippen LogP contribution in [0.15, 0.2) is 29.2 Å². The summed E-state index contributed by atoms with van der Waals surface area (Å²) in [5, 5.41) is 0. The van der Waals surface area contributed by atoms with Crippen molar-refractivity contribution in [2.75, 3.05) is 13.1 Å². The Morgan fingerprint density at radius 2 is 1.74 bits per heavy atom. The highest BCUT2D eigenvalue weighted by molar-refractivity contribution is 7.93. The third-order valence-corrected chi connectivity index (χ3v) is 7.93. The molecule has 3 nitrogen and oxygen atoms in total. The number of hydrogen-bond acceptors (Lipinski definition) is 2. The molecule has 0 bridgehead atoms. The number of aryl methyl sites for hydroxylation is 1. The van der Waals surface area contributed by atoms with Crippen LogP contribution >= 0.6 is 0 Å². The van der Waals surface area contributed by atoms with Crippen molar-refractivity contribution in [2.45, 2.75) is 44.9 Å². The van der Waals surface area contributed by atoms with Crippen LogP contribution in [-0.4, -0.2) is 25.8 Å². The second-order valence-corrected chi connectivity index (χ2v) is 9.26. The number of allylic oxidation sites excluding steroid dienone is 1. The van der Waals surface area contributed by atoms with E-state index in [0.717, 1.165) is 30.9 Å². The van der Waals surface area contributed by atoms with Crippen LogP contribution in [0.3, 0.4) is 0 Å². The number of fused-ring (bicyclic) bond motifs is 2. The average Bonchev–Trinajstić information content (AvgIpc) is 2.61. The van der Waals surface area contributed by atoms with Crippen molar-refractivity contribution in [3.05, 3.63) is 40.3 Å². The minimum atomic E-state index is -3.28. The molecule has 0 unspecified atom stereocenters. The van der Waals surface area contributed by atoms with Crippen molar-refractivity contribution in [1.29, 1.82) is 0 Å². The summed E-state index contributed by atoms with van der Waals surface area (Å²) in [4.78, 5) is 0.616. The summed E-state index contributed by atoms with van der Waals surface area (Å²) in [7, 11) is -3.28. The van der Waals surface area contributed by atoms with Crippen molar-refractivity contribution in [3.8, 4) is 0 Å². The summed E-state index contributed by atoms with van der Waals surface area (Å²) < 4.78 is 27.9. The van der Waals surface area contributed by atoms with Gasteiger partial charge in [0.05, 0.1) is 4.91 Å². The van der Waals surface area contributed by atoms with Gasteiger partial charge >= 0.3 is 0 Å². The van der Waals surface area contributed by atoms with Crippen molar-refractivity contribution in [2.24, 2.45) is 11.8 Å². The van der Waals surface area contributed by atoms with Gasteiger partial charge in [0.1, 0.15) is 0 Å². The maximum Gasteiger partial charge on any atom is 0.239 e. The van der Waals surface area contributed by atoms with Gasteiger partial charge in [-0.25, -0.2) is 8.42 Å². The molecule has 0 amide bonds. The molecule has 0 aromatic heterocycles. The van der Waals surface area contributed by atoms with Gasteiger partial charge in [0.2, 0.25) is 10.0 Å². The molecule has 1 saturated carbocycles. The minimum Gasteiger partial charge on any atom is -0.207 e. The van der Waals surface area contributed by atoms with Gasteiger partial charge in [-0.15, -0.1) is 0 Å². The Labute approximate surface area is 139 Å². The Hall–Kier alpha value is -1.13. The summed E-state index contributed by atoms with van der Waals surface area (Å²) in [5.74, 6) is 1.35. The van der Waals surface area contributed by atoms with Gasteiger partial charge < -0.3 is 0 Å². The largest absolute Gasteiger partial charge is 0.239 e. The molecule has 124 valence electrons. The van der Waals surface area contributed by atoms with Crippen LogP contribution in [0.25, 0.3) is 6.08 Å². The van der Waals surface area contributed by atoms with Gasteiger partial charge in [-0.3, -0.25) is 0 Å². The molecular weight excluding hydrogens is 306 g/mol. The van der Waals surface area contributed by atoms with Gasteiger partial charge in [-0.05, 0) is 54.7 Å². The zero-order valence-corrected chi connectivity index (χ0v) is 14.4. The van der Waals surface area contributed by atoms with Crippen LogP contribution in [0.2, 0.25) is 0 Å². The molecule has 0 spiro atoms. The molecule has 0 N–H and O–H groups in total. The molecule has 23 heavy (non-hydrogen) atoms. The number of nitrogens with zero attached hydrogens (tertiary/aromatic N) is 1. The predicted molar refractivity (Wildman–Crippen MR) is 93.3 cm³/mol. The highest BCUT2D eigenvalue weighted by Crippen LogP contribution is 2.38. The van der Waals surface area contributed by atoms with Crippen LogP contribution in [-0.2, 0) is 16.4 Å². The first kappa shape index (κ1) is 15.4. The fourth-order valence-electron chi connectivity index (χ4n) is 4.56. The Balaban J connectivity index is 1.58. The molecule has 0 radical (unpaired) electrons. The van der Waals surface area contributed by atoms with E-state index in [1.54, 1.807) is 4.31 Å². The molecule has 3 aliphatic rings. The van der Waals surface area contributed by atoms with E-state index in [2.05, 4.69) is 6.07 Å². The molecule has 1 saturated heterocycles. The van der Waals surface area contributed by atoms with Crippen molar-refractivity contribution in [3.63, 3.8) is 0 Å². The van der Waals surface area contributed by atoms with Crippen LogP contribution in [0.4, 0.5) is 0 Å². The molecule has 4 heteroatoms. The second kappa shape index (κ2) is 6.06. The Kier molecular flexibility index (Phi) is 4.06. The molecule has 2 fully saturated rings. The summed E-state index contributed by atoms with van der Waals surface area (Å²) >= 11 is 0. The molecule has 1 heterocycles. The Morgan fingerprint density at radius 1 is 0.957 bits per heavy atom. The highest BCUT2D eigenvalue weighted by atomic mass is 32.2. The SMILES string of the molecule is O=S(=O)(C1=Cc2ccccc2CC1)N1CC[C@@H]2CCCC[C@@H]2C1. The summed E-state index contributed by atoms with van der Waals surface area (Å²) in [5.41, 5.74) is 2.34. The van der Waals surface area contributed by atoms with Crippen molar-refractivity contribution < 1.29 is 8.42 Å². The number of hydrogen-bond donors (Lipinski definition) is 0. The zero-order chi connectivity index (χ0) is 15.9. The molecular formula is C19H25NO2S. The summed E-state index contributed by atoms with van der Waals surface area (Å²) in [6.45, 7) is 1.45. The smallest absolute Gasteiger partial charge is 0.207 e. The normalized spacial score (nSPS) is 28.6. The van der Waals surface area contributed by atoms with Gasteiger partial charge in [0.15, 0.2) is 0 Å². The lowest BCUT2D eigenvalue weighted by molar-refractivity contribution is 0.137. The lowest BCUT2D eigenvalue weighted by Gasteiger charge is -2.41. The van der Waals surface area contributed by atoms with E-state index in [4.69, 9.17) is 0 Å². The topological polar surface area (TPSA) is 37.4 Å². The lowest BCUT2D eigenvalue weighted by atomic mass is 9.76. The quantitative estimate of drug-likeness (QED) is 0.826. The number of benzene rings is 1. The fourth-order valence-corrected chi connectivity index (χ4v) is 6.26. The first-order chi connectivity index (χ1) is 11.1. The lowest BCUT2D eigenvalue weighted by Crippen LogP contribution is -2.45. The van der Waals surface area contributed by atoms with Crippen LogP contribution in [0.1, 0.15) is 49.7 Å². The van der Waals surface area contributed by atoms with E-state index >= 15 is 0 Å². The van der Waals surface area contributed by atoms with Gasteiger partial charge in [-0.2, -0.15) is 4.31 Å². The second-order valence-electron chi connectivity index (χ2n) is 7.27. The molecule has 4 rings (SSSR count). The first-order valence-electron chi connectivity index (χ1n) is 8.93. The predicted octanol–water partition coefficient (Wildman–Crippen LogP) is 3.82. The highest BCUT2D eigenvalue weighted by Gasteiger charge is 2.37. The minimum absolute atomic E-state index is 0.587. The van der Waals surface area contributed by atoms with E-state index < -0.39 is 10.0 Å². The molecule has 2 aliphatic carbocycles. The Morgan fingerprint density at radius 3 is 2.61 bits per heavy atom. The average molecular weight is 331 g/mol. The van der Waals surface area contributed by atoms with E-state index in [-0.39, 0.29) is 0 Å². The van der Waals surface area contributed by atoms with Crippen LogP contribution < -0.4 is 0 Å². The third kappa shape index (κ3) is 2.87. The maximum absolute atomic E-state index is 13.1. The standard InChI is InChI=1S/C19H25NO2S/c21-23(22,19-10-9-15-5-1-3-7-17(15)13-19)20-12-11-16-6-2-4-8-18(16)14-20/h1,3,5,7,13,16,18H,2,4,6,8-12,14H2/t16-,18+/m0/s1. The number of sulfonamides is 1. The summed E-state index contributed by atoms with van der Waals surface area (Å²) in [6, 6.07) is 8.14. The molecule has 1 aromatic rings. The monoisotopic (exact) mass is 331 g/mol. The number of piperidine rings is 1. The van der Waals surface area contributed by atoms with Crippen LogP contribution in [0, 0.1) is 11.8 Å². The number of rotatable bonds is 2. The van der Waals surface area contributed by atoms with Gasteiger partial charge in [0.25, 0.3) is 0 Å².